The number of aliphatic imine (C=N–C) groups is 1. The van der Waals surface area contributed by atoms with Crippen LogP contribution in [0, 0.1) is 19.3 Å². The molecule has 1 aromatic heterocycles. The highest BCUT2D eigenvalue weighted by Crippen LogP contribution is 2.27. The number of hydrogen-bond acceptors (Lipinski definition) is 4. The molecule has 0 aliphatic carbocycles. The number of aromatic nitrogens is 2. The molecule has 0 aliphatic heterocycles. The highest BCUT2D eigenvalue weighted by atomic mass is 16.5. The zero-order chi connectivity index (χ0) is 20.1. The summed E-state index contributed by atoms with van der Waals surface area (Å²) in [5.74, 6) is 3.52. The number of ether oxygens (including phenoxy) is 2. The van der Waals surface area contributed by atoms with Crippen molar-refractivity contribution in [3.8, 4) is 29.5 Å². The number of para-hydroxylation sites is 1. The first-order valence-electron chi connectivity index (χ1n) is 8.69. The maximum Gasteiger partial charge on any atom is 0.297 e. The van der Waals surface area contributed by atoms with Crippen LogP contribution in [0.2, 0.25) is 0 Å². The van der Waals surface area contributed by atoms with Gasteiger partial charge in [0.2, 0.25) is 0 Å². The standard InChI is InChI=1S/C22H21N3O3/c1-5-13-28-19-12-11-17(14-20(19)27-4)15-23-21-16(2)24(3)25(22(21)26)18-9-7-6-8-10-18/h1,6-12,14-15H,13H2,2-4H3. The van der Waals surface area contributed by atoms with Crippen molar-refractivity contribution in [2.24, 2.45) is 12.0 Å². The lowest BCUT2D eigenvalue weighted by Crippen LogP contribution is -2.19. The molecule has 0 aliphatic rings. The Hall–Kier alpha value is -3.72. The van der Waals surface area contributed by atoms with E-state index < -0.39 is 0 Å². The van der Waals surface area contributed by atoms with E-state index >= 15 is 0 Å². The van der Waals surface area contributed by atoms with Crippen LogP contribution in [0.25, 0.3) is 5.69 Å². The van der Waals surface area contributed by atoms with E-state index in [0.717, 1.165) is 16.9 Å². The van der Waals surface area contributed by atoms with Crippen LogP contribution in [0.5, 0.6) is 11.5 Å². The lowest BCUT2D eigenvalue weighted by molar-refractivity contribution is 0.331. The van der Waals surface area contributed by atoms with Crippen molar-refractivity contribution in [3.05, 3.63) is 70.1 Å². The molecule has 0 saturated heterocycles. The van der Waals surface area contributed by atoms with Crippen molar-refractivity contribution in [1.29, 1.82) is 0 Å². The molecule has 3 rings (SSSR count). The van der Waals surface area contributed by atoms with Crippen LogP contribution in [-0.2, 0) is 7.05 Å². The Kier molecular flexibility index (Phi) is 5.66. The van der Waals surface area contributed by atoms with E-state index in [-0.39, 0.29) is 12.2 Å². The molecule has 0 saturated carbocycles. The molecule has 3 aromatic rings. The lowest BCUT2D eigenvalue weighted by Gasteiger charge is -2.08. The summed E-state index contributed by atoms with van der Waals surface area (Å²) in [4.78, 5) is 17.3. The second-order valence-corrected chi connectivity index (χ2v) is 6.07. The number of nitrogens with zero attached hydrogens (tertiary/aromatic N) is 3. The summed E-state index contributed by atoms with van der Waals surface area (Å²) in [5.41, 5.74) is 2.54. The number of hydrogen-bond donors (Lipinski definition) is 0. The van der Waals surface area contributed by atoms with Crippen molar-refractivity contribution < 1.29 is 9.47 Å². The van der Waals surface area contributed by atoms with Gasteiger partial charge in [-0.25, -0.2) is 9.67 Å². The fourth-order valence-electron chi connectivity index (χ4n) is 2.85. The summed E-state index contributed by atoms with van der Waals surface area (Å²) >= 11 is 0. The predicted octanol–water partition coefficient (Wildman–Crippen LogP) is 3.26. The highest BCUT2D eigenvalue weighted by molar-refractivity contribution is 5.83. The summed E-state index contributed by atoms with van der Waals surface area (Å²) in [5, 5.41) is 0. The van der Waals surface area contributed by atoms with Gasteiger partial charge in [0, 0.05) is 13.3 Å². The van der Waals surface area contributed by atoms with E-state index in [4.69, 9.17) is 15.9 Å². The second-order valence-electron chi connectivity index (χ2n) is 6.07. The molecule has 0 fully saturated rings. The minimum absolute atomic E-state index is 0.159. The number of rotatable bonds is 6. The highest BCUT2D eigenvalue weighted by Gasteiger charge is 2.15. The SMILES string of the molecule is C#CCOc1ccc(C=Nc2c(C)n(C)n(-c3ccccc3)c2=O)cc1OC. The van der Waals surface area contributed by atoms with Crippen molar-refractivity contribution in [2.45, 2.75) is 6.92 Å². The van der Waals surface area contributed by atoms with Gasteiger partial charge in [-0.15, -0.1) is 6.42 Å². The normalized spacial score (nSPS) is 10.8. The predicted molar refractivity (Wildman–Crippen MR) is 110 cm³/mol. The molecule has 0 radical (unpaired) electrons. The van der Waals surface area contributed by atoms with Crippen LogP contribution in [0.4, 0.5) is 5.69 Å². The van der Waals surface area contributed by atoms with Gasteiger partial charge in [-0.2, -0.15) is 0 Å². The summed E-state index contributed by atoms with van der Waals surface area (Å²) in [6, 6.07) is 14.8. The number of benzene rings is 2. The summed E-state index contributed by atoms with van der Waals surface area (Å²) in [6.45, 7) is 2.02. The van der Waals surface area contributed by atoms with Gasteiger partial charge in [0.15, 0.2) is 17.2 Å². The summed E-state index contributed by atoms with van der Waals surface area (Å²) in [7, 11) is 3.39. The van der Waals surface area contributed by atoms with Crippen LogP contribution >= 0.6 is 0 Å². The van der Waals surface area contributed by atoms with Crippen LogP contribution in [0.15, 0.2) is 58.3 Å². The Balaban J connectivity index is 1.95. The third-order valence-corrected chi connectivity index (χ3v) is 4.37. The van der Waals surface area contributed by atoms with Gasteiger partial charge in [-0.3, -0.25) is 9.48 Å². The van der Waals surface area contributed by atoms with Crippen LogP contribution in [0.3, 0.4) is 0 Å². The third kappa shape index (κ3) is 3.69. The molecule has 1 heterocycles. The van der Waals surface area contributed by atoms with Gasteiger partial charge in [0.1, 0.15) is 6.61 Å². The molecule has 0 bridgehead atoms. The van der Waals surface area contributed by atoms with Crippen LogP contribution < -0.4 is 15.0 Å². The summed E-state index contributed by atoms with van der Waals surface area (Å²) in [6.07, 6.45) is 6.86. The monoisotopic (exact) mass is 375 g/mol. The Morgan fingerprint density at radius 2 is 1.93 bits per heavy atom. The van der Waals surface area contributed by atoms with Gasteiger partial charge in [-0.05, 0) is 42.8 Å². The van der Waals surface area contributed by atoms with Gasteiger partial charge in [0.05, 0.1) is 18.5 Å². The molecule has 0 atom stereocenters. The van der Waals surface area contributed by atoms with Gasteiger partial charge in [0.25, 0.3) is 5.56 Å². The molecule has 28 heavy (non-hydrogen) atoms. The zero-order valence-corrected chi connectivity index (χ0v) is 16.0. The molecular formula is C22H21N3O3. The molecule has 6 nitrogen and oxygen atoms in total. The van der Waals surface area contributed by atoms with E-state index in [2.05, 4.69) is 10.9 Å². The van der Waals surface area contributed by atoms with Gasteiger partial charge in [-0.1, -0.05) is 24.1 Å². The molecule has 6 heteroatoms. The average molecular weight is 375 g/mol. The van der Waals surface area contributed by atoms with Crippen LogP contribution in [0.1, 0.15) is 11.3 Å². The fraction of sp³-hybridized carbons (Fsp3) is 0.182. The maximum atomic E-state index is 12.9. The van der Waals surface area contributed by atoms with Crippen molar-refractivity contribution in [3.63, 3.8) is 0 Å². The summed E-state index contributed by atoms with van der Waals surface area (Å²) < 4.78 is 14.2. The molecule has 2 aromatic carbocycles. The van der Waals surface area contributed by atoms with Gasteiger partial charge < -0.3 is 9.47 Å². The minimum Gasteiger partial charge on any atom is -0.493 e. The van der Waals surface area contributed by atoms with E-state index in [0.29, 0.717) is 17.2 Å². The third-order valence-electron chi connectivity index (χ3n) is 4.37. The zero-order valence-electron chi connectivity index (χ0n) is 16.0. The molecule has 0 unspecified atom stereocenters. The Labute approximate surface area is 163 Å². The fourth-order valence-corrected chi connectivity index (χ4v) is 2.85. The molecule has 142 valence electrons. The molecule has 0 spiro atoms. The Morgan fingerprint density at radius 1 is 1.18 bits per heavy atom. The first-order chi connectivity index (χ1) is 13.6. The van der Waals surface area contributed by atoms with Crippen molar-refractivity contribution >= 4 is 11.9 Å². The van der Waals surface area contributed by atoms with Crippen LogP contribution in [-0.4, -0.2) is 29.3 Å². The lowest BCUT2D eigenvalue weighted by atomic mass is 10.2. The number of methoxy groups -OCH3 is 1. The topological polar surface area (TPSA) is 57.8 Å². The van der Waals surface area contributed by atoms with E-state index in [1.54, 1.807) is 34.8 Å². The quantitative estimate of drug-likeness (QED) is 0.491. The van der Waals surface area contributed by atoms with Crippen molar-refractivity contribution in [2.75, 3.05) is 13.7 Å². The van der Waals surface area contributed by atoms with Gasteiger partial charge >= 0.3 is 0 Å². The van der Waals surface area contributed by atoms with Crippen molar-refractivity contribution in [1.82, 2.24) is 9.36 Å². The smallest absolute Gasteiger partial charge is 0.297 e. The molecule has 0 N–H and O–H groups in total. The first-order valence-corrected chi connectivity index (χ1v) is 8.69. The largest absolute Gasteiger partial charge is 0.493 e. The number of terminal acetylenes is 1. The van der Waals surface area contributed by atoms with E-state index in [9.17, 15) is 4.79 Å². The molecule has 0 amide bonds. The Morgan fingerprint density at radius 3 is 2.61 bits per heavy atom. The minimum atomic E-state index is -0.177. The average Bonchev–Trinajstić information content (AvgIpc) is 2.94. The Bertz CT molecular complexity index is 1100. The second kappa shape index (κ2) is 8.31. The molecular weight excluding hydrogens is 354 g/mol. The maximum absolute atomic E-state index is 12.9. The van der Waals surface area contributed by atoms with E-state index in [1.807, 2.05) is 50.4 Å². The first kappa shape index (κ1) is 19.1. The van der Waals surface area contributed by atoms with E-state index in [1.165, 1.54) is 0 Å².